The van der Waals surface area contributed by atoms with Crippen LogP contribution in [0.4, 0.5) is 24.5 Å². The van der Waals surface area contributed by atoms with Gasteiger partial charge in [-0.15, -0.1) is 0 Å². The number of sulfonamides is 1. The molecule has 162 valence electrons. The van der Waals surface area contributed by atoms with Gasteiger partial charge in [-0.1, -0.05) is 6.07 Å². The fourth-order valence-corrected chi connectivity index (χ4v) is 3.96. The lowest BCUT2D eigenvalue weighted by Gasteiger charge is -2.24. The number of aryl methyl sites for hydroxylation is 1. The summed E-state index contributed by atoms with van der Waals surface area (Å²) >= 11 is 0. The molecule has 2 aromatic carbocycles. The molecule has 2 aromatic rings. The van der Waals surface area contributed by atoms with E-state index >= 15 is 0 Å². The summed E-state index contributed by atoms with van der Waals surface area (Å²) in [6.07, 6.45) is -4.64. The highest BCUT2D eigenvalue weighted by Crippen LogP contribution is 2.32. The van der Waals surface area contributed by atoms with Crippen LogP contribution in [0.25, 0.3) is 0 Å². The highest BCUT2D eigenvalue weighted by atomic mass is 32.2. The first kappa shape index (κ1) is 23.1. The highest BCUT2D eigenvalue weighted by molar-refractivity contribution is 7.92. The molecule has 30 heavy (non-hydrogen) atoms. The maximum Gasteiger partial charge on any atom is 0.416 e. The molecule has 2 rings (SSSR count). The zero-order valence-electron chi connectivity index (χ0n) is 15.8. The molecule has 0 radical (unpaired) electrons. The number of nitro benzene ring substituents is 1. The van der Waals surface area contributed by atoms with Gasteiger partial charge >= 0.3 is 12.1 Å². The van der Waals surface area contributed by atoms with E-state index in [4.69, 9.17) is 4.74 Å². The number of ether oxygens (including phenoxy) is 1. The molecule has 0 amide bonds. The van der Waals surface area contributed by atoms with Crippen molar-refractivity contribution in [2.24, 2.45) is 0 Å². The minimum absolute atomic E-state index is 0.0459. The number of hydrogen-bond donors (Lipinski definition) is 0. The summed E-state index contributed by atoms with van der Waals surface area (Å²) in [5, 5.41) is 11.2. The van der Waals surface area contributed by atoms with Gasteiger partial charge in [0.2, 0.25) is 0 Å². The standard InChI is InChI=1S/C18H17F3N2O6S/c1-3-29-17(24)11-22(14-7-5-13(6-8-14)18(19,20)21)30(27,28)15-9-4-12(2)16(10-15)23(25)26/h4-10H,3,11H2,1-2H3. The molecule has 0 fully saturated rings. The lowest BCUT2D eigenvalue weighted by molar-refractivity contribution is -0.385. The van der Waals surface area contributed by atoms with Gasteiger partial charge in [-0.3, -0.25) is 19.2 Å². The minimum Gasteiger partial charge on any atom is -0.465 e. The van der Waals surface area contributed by atoms with Crippen molar-refractivity contribution < 1.29 is 36.0 Å². The normalized spacial score (nSPS) is 11.8. The second-order valence-electron chi connectivity index (χ2n) is 6.07. The van der Waals surface area contributed by atoms with E-state index in [1.54, 1.807) is 0 Å². The van der Waals surface area contributed by atoms with E-state index in [0.717, 1.165) is 24.3 Å². The molecule has 0 aliphatic heterocycles. The SMILES string of the molecule is CCOC(=O)CN(c1ccc(C(F)(F)F)cc1)S(=O)(=O)c1ccc(C)c([N+](=O)[O-])c1. The third-order valence-corrected chi connectivity index (χ3v) is 5.80. The molecule has 0 bridgehead atoms. The monoisotopic (exact) mass is 446 g/mol. The molecule has 0 saturated heterocycles. The summed E-state index contributed by atoms with van der Waals surface area (Å²) in [6.45, 7) is 2.04. The Morgan fingerprint density at radius 2 is 1.77 bits per heavy atom. The van der Waals surface area contributed by atoms with Gasteiger partial charge in [0.15, 0.2) is 0 Å². The van der Waals surface area contributed by atoms with E-state index in [0.29, 0.717) is 16.4 Å². The number of rotatable bonds is 7. The molecular weight excluding hydrogens is 429 g/mol. The second-order valence-corrected chi connectivity index (χ2v) is 7.93. The Hall–Kier alpha value is -3.15. The van der Waals surface area contributed by atoms with Gasteiger partial charge < -0.3 is 4.74 Å². The van der Waals surface area contributed by atoms with Crippen LogP contribution >= 0.6 is 0 Å². The Kier molecular flexibility index (Phi) is 6.70. The predicted octanol–water partition coefficient (Wildman–Crippen LogP) is 3.68. The van der Waals surface area contributed by atoms with Crippen LogP contribution in [0.1, 0.15) is 18.1 Å². The molecule has 12 heteroatoms. The molecule has 0 N–H and O–H groups in total. The third-order valence-electron chi connectivity index (χ3n) is 4.03. The predicted molar refractivity (Wildman–Crippen MR) is 100 cm³/mol. The average Bonchev–Trinajstić information content (AvgIpc) is 2.65. The third kappa shape index (κ3) is 5.06. The Bertz CT molecular complexity index is 1050. The number of alkyl halides is 3. The van der Waals surface area contributed by atoms with Gasteiger partial charge in [0.25, 0.3) is 15.7 Å². The molecule has 0 unspecified atom stereocenters. The fourth-order valence-electron chi connectivity index (χ4n) is 2.53. The summed E-state index contributed by atoms with van der Waals surface area (Å²) in [4.78, 5) is 21.8. The number of halogens is 3. The van der Waals surface area contributed by atoms with Gasteiger partial charge in [-0.2, -0.15) is 13.2 Å². The zero-order chi connectivity index (χ0) is 22.7. The van der Waals surface area contributed by atoms with E-state index in [2.05, 4.69) is 0 Å². The number of hydrogen-bond acceptors (Lipinski definition) is 6. The average molecular weight is 446 g/mol. The quantitative estimate of drug-likeness (QED) is 0.365. The maximum atomic E-state index is 13.1. The van der Waals surface area contributed by atoms with Crippen LogP contribution in [0.5, 0.6) is 0 Å². The highest BCUT2D eigenvalue weighted by Gasteiger charge is 2.33. The van der Waals surface area contributed by atoms with Crippen molar-refractivity contribution >= 4 is 27.4 Å². The molecule has 0 saturated carbocycles. The lowest BCUT2D eigenvalue weighted by atomic mass is 10.2. The maximum absolute atomic E-state index is 13.1. The lowest BCUT2D eigenvalue weighted by Crippen LogP contribution is -2.36. The number of carbonyl (C=O) groups is 1. The zero-order valence-corrected chi connectivity index (χ0v) is 16.7. The van der Waals surface area contributed by atoms with E-state index in [1.807, 2.05) is 0 Å². The Balaban J connectivity index is 2.57. The first-order valence-electron chi connectivity index (χ1n) is 8.48. The van der Waals surface area contributed by atoms with E-state index in [9.17, 15) is 36.5 Å². The first-order valence-corrected chi connectivity index (χ1v) is 9.92. The van der Waals surface area contributed by atoms with Gasteiger partial charge in [-0.25, -0.2) is 8.42 Å². The summed E-state index contributed by atoms with van der Waals surface area (Å²) in [5.74, 6) is -0.942. The fraction of sp³-hybridized carbons (Fsp3) is 0.278. The van der Waals surface area contributed by atoms with E-state index in [-0.39, 0.29) is 17.9 Å². The summed E-state index contributed by atoms with van der Waals surface area (Å²) < 4.78 is 70.0. The molecule has 0 aromatic heterocycles. The largest absolute Gasteiger partial charge is 0.465 e. The molecule has 0 aliphatic carbocycles. The topological polar surface area (TPSA) is 107 Å². The smallest absolute Gasteiger partial charge is 0.416 e. The van der Waals surface area contributed by atoms with Crippen molar-refractivity contribution in [1.82, 2.24) is 0 Å². The number of esters is 1. The van der Waals surface area contributed by atoms with Gasteiger partial charge in [0.05, 0.1) is 27.7 Å². The number of nitro groups is 1. The van der Waals surface area contributed by atoms with Crippen LogP contribution in [0.3, 0.4) is 0 Å². The van der Waals surface area contributed by atoms with Crippen molar-refractivity contribution in [3.05, 3.63) is 63.7 Å². The van der Waals surface area contributed by atoms with Crippen molar-refractivity contribution in [3.63, 3.8) is 0 Å². The van der Waals surface area contributed by atoms with Crippen molar-refractivity contribution in [2.75, 3.05) is 17.5 Å². The summed E-state index contributed by atoms with van der Waals surface area (Å²) in [6, 6.07) is 6.28. The van der Waals surface area contributed by atoms with Gasteiger partial charge in [0.1, 0.15) is 6.54 Å². The van der Waals surface area contributed by atoms with E-state index in [1.165, 1.54) is 19.9 Å². The molecule has 0 aliphatic rings. The van der Waals surface area contributed by atoms with Crippen molar-refractivity contribution in [1.29, 1.82) is 0 Å². The minimum atomic E-state index is -4.64. The van der Waals surface area contributed by atoms with E-state index < -0.39 is 49.8 Å². The van der Waals surface area contributed by atoms with Gasteiger partial charge in [0, 0.05) is 11.6 Å². The Labute approximate surface area is 170 Å². The number of benzene rings is 2. The van der Waals surface area contributed by atoms with Crippen LogP contribution in [-0.4, -0.2) is 32.5 Å². The van der Waals surface area contributed by atoms with Crippen LogP contribution in [0.2, 0.25) is 0 Å². The number of nitrogens with zero attached hydrogens (tertiary/aromatic N) is 2. The van der Waals surface area contributed by atoms with Crippen LogP contribution in [-0.2, 0) is 25.7 Å². The molecule has 8 nitrogen and oxygen atoms in total. The molecular formula is C18H17F3N2O6S. The second kappa shape index (κ2) is 8.69. The van der Waals surface area contributed by atoms with Gasteiger partial charge in [-0.05, 0) is 44.2 Å². The van der Waals surface area contributed by atoms with Crippen LogP contribution in [0, 0.1) is 17.0 Å². The molecule has 0 atom stereocenters. The van der Waals surface area contributed by atoms with Crippen molar-refractivity contribution in [3.8, 4) is 0 Å². The first-order chi connectivity index (χ1) is 13.9. The summed E-state index contributed by atoms with van der Waals surface area (Å²) in [5.41, 5.74) is -1.49. The summed E-state index contributed by atoms with van der Waals surface area (Å²) in [7, 11) is -4.54. The number of carbonyl (C=O) groups excluding carboxylic acids is 1. The van der Waals surface area contributed by atoms with Crippen LogP contribution < -0.4 is 4.31 Å². The molecule has 0 spiro atoms. The Morgan fingerprint density at radius 1 is 1.17 bits per heavy atom. The van der Waals surface area contributed by atoms with Crippen molar-refractivity contribution in [2.45, 2.75) is 24.9 Å². The Morgan fingerprint density at radius 3 is 2.27 bits per heavy atom. The number of anilines is 1. The van der Waals surface area contributed by atoms with Crippen LogP contribution in [0.15, 0.2) is 47.4 Å². The molecule has 0 heterocycles.